The quantitative estimate of drug-likeness (QED) is 0.810. The van der Waals surface area contributed by atoms with E-state index in [1.165, 1.54) is 6.42 Å². The molecule has 3 rings (SSSR count). The van der Waals surface area contributed by atoms with Crippen molar-refractivity contribution in [2.75, 3.05) is 57.3 Å². The van der Waals surface area contributed by atoms with Crippen molar-refractivity contribution < 1.29 is 4.79 Å². The first-order chi connectivity index (χ1) is 12.6. The molecular weight excluding hydrogens is 328 g/mol. The molecule has 0 spiro atoms. The van der Waals surface area contributed by atoms with Crippen LogP contribution >= 0.6 is 0 Å². The highest BCUT2D eigenvalue weighted by Gasteiger charge is 2.25. The molecular formula is C19H32N6O. The van der Waals surface area contributed by atoms with E-state index in [0.717, 1.165) is 64.7 Å². The summed E-state index contributed by atoms with van der Waals surface area (Å²) in [5.41, 5.74) is 0. The summed E-state index contributed by atoms with van der Waals surface area (Å²) in [5, 5.41) is 3.10. The molecule has 0 saturated carbocycles. The lowest BCUT2D eigenvalue weighted by molar-refractivity contribution is 0.145. The summed E-state index contributed by atoms with van der Waals surface area (Å²) in [6.07, 6.45) is 5.80. The van der Waals surface area contributed by atoms with Crippen molar-refractivity contribution in [3.8, 4) is 0 Å². The van der Waals surface area contributed by atoms with Crippen molar-refractivity contribution in [3.05, 3.63) is 18.5 Å². The average Bonchev–Trinajstić information content (AvgIpc) is 2.65. The summed E-state index contributed by atoms with van der Waals surface area (Å²) in [5.74, 6) is 2.04. The Morgan fingerprint density at radius 1 is 1.12 bits per heavy atom. The summed E-state index contributed by atoms with van der Waals surface area (Å²) < 4.78 is 0. The Morgan fingerprint density at radius 3 is 2.42 bits per heavy atom. The minimum Gasteiger partial charge on any atom is -0.338 e. The summed E-state index contributed by atoms with van der Waals surface area (Å²) in [4.78, 5) is 27.6. The van der Waals surface area contributed by atoms with E-state index in [2.05, 4.69) is 38.9 Å². The number of likely N-dealkylation sites (tertiary alicyclic amines) is 1. The van der Waals surface area contributed by atoms with Gasteiger partial charge in [-0.1, -0.05) is 13.8 Å². The van der Waals surface area contributed by atoms with E-state index >= 15 is 0 Å². The number of hydrogen-bond acceptors (Lipinski definition) is 5. The number of nitrogens with zero attached hydrogens (tertiary/aromatic N) is 5. The molecule has 0 radical (unpaired) electrons. The first-order valence-electron chi connectivity index (χ1n) is 9.89. The topological polar surface area (TPSA) is 64.6 Å². The SMILES string of the molecule is CC1CC(C)CN(C(=O)NCCCN2CCN(c3ncccn3)CC2)C1. The van der Waals surface area contributed by atoms with Crippen molar-refractivity contribution >= 4 is 12.0 Å². The molecule has 0 bridgehead atoms. The number of aromatic nitrogens is 2. The molecule has 0 aromatic carbocycles. The number of anilines is 1. The Morgan fingerprint density at radius 2 is 1.77 bits per heavy atom. The second-order valence-electron chi connectivity index (χ2n) is 7.81. The predicted molar refractivity (Wildman–Crippen MR) is 103 cm³/mol. The fourth-order valence-electron chi connectivity index (χ4n) is 4.06. The lowest BCUT2D eigenvalue weighted by atomic mass is 9.92. The fourth-order valence-corrected chi connectivity index (χ4v) is 4.06. The zero-order chi connectivity index (χ0) is 18.4. The largest absolute Gasteiger partial charge is 0.338 e. The van der Waals surface area contributed by atoms with E-state index in [1.54, 1.807) is 12.4 Å². The standard InChI is InChI=1S/C19H32N6O/c1-16-13-17(2)15-25(14-16)19(26)22-7-4-8-23-9-11-24(12-10-23)18-20-5-3-6-21-18/h3,5-6,16-17H,4,7-15H2,1-2H3,(H,22,26). The van der Waals surface area contributed by atoms with Crippen LogP contribution in [0.5, 0.6) is 0 Å². The second kappa shape index (κ2) is 9.16. The molecule has 7 nitrogen and oxygen atoms in total. The molecule has 2 unspecified atom stereocenters. The lowest BCUT2D eigenvalue weighted by Crippen LogP contribution is -2.49. The number of urea groups is 1. The van der Waals surface area contributed by atoms with Crippen LogP contribution in [0, 0.1) is 11.8 Å². The van der Waals surface area contributed by atoms with Gasteiger partial charge in [0.2, 0.25) is 5.95 Å². The molecule has 26 heavy (non-hydrogen) atoms. The number of hydrogen-bond donors (Lipinski definition) is 1. The van der Waals surface area contributed by atoms with Crippen LogP contribution in [-0.2, 0) is 0 Å². The van der Waals surface area contributed by atoms with Crippen LogP contribution in [0.3, 0.4) is 0 Å². The van der Waals surface area contributed by atoms with Gasteiger partial charge in [-0.3, -0.25) is 4.90 Å². The molecule has 2 aliphatic heterocycles. The number of carbonyl (C=O) groups is 1. The van der Waals surface area contributed by atoms with Crippen molar-refractivity contribution in [3.63, 3.8) is 0 Å². The molecule has 1 aromatic heterocycles. The smallest absolute Gasteiger partial charge is 0.317 e. The van der Waals surface area contributed by atoms with Crippen LogP contribution < -0.4 is 10.2 Å². The molecule has 3 heterocycles. The summed E-state index contributed by atoms with van der Waals surface area (Å²) >= 11 is 0. The molecule has 2 fully saturated rings. The minimum absolute atomic E-state index is 0.106. The molecule has 2 amide bonds. The van der Waals surface area contributed by atoms with Crippen LogP contribution in [0.15, 0.2) is 18.5 Å². The van der Waals surface area contributed by atoms with Crippen LogP contribution in [0.4, 0.5) is 10.7 Å². The maximum atomic E-state index is 12.3. The summed E-state index contributed by atoms with van der Waals surface area (Å²) in [6.45, 7) is 12.0. The van der Waals surface area contributed by atoms with Gasteiger partial charge in [-0.15, -0.1) is 0 Å². The maximum absolute atomic E-state index is 12.3. The van der Waals surface area contributed by atoms with Crippen molar-refractivity contribution in [2.24, 2.45) is 11.8 Å². The fraction of sp³-hybridized carbons (Fsp3) is 0.737. The van der Waals surface area contributed by atoms with Crippen molar-refractivity contribution in [2.45, 2.75) is 26.7 Å². The molecule has 2 aliphatic rings. The Balaban J connectivity index is 1.30. The van der Waals surface area contributed by atoms with Gasteiger partial charge in [0, 0.05) is 58.2 Å². The van der Waals surface area contributed by atoms with E-state index < -0.39 is 0 Å². The molecule has 1 N–H and O–H groups in total. The van der Waals surface area contributed by atoms with Gasteiger partial charge in [0.05, 0.1) is 0 Å². The summed E-state index contributed by atoms with van der Waals surface area (Å²) in [6, 6.07) is 1.95. The van der Waals surface area contributed by atoms with Crippen LogP contribution in [0.1, 0.15) is 26.7 Å². The van der Waals surface area contributed by atoms with Gasteiger partial charge in [0.25, 0.3) is 0 Å². The first kappa shape index (κ1) is 18.9. The Bertz CT molecular complexity index is 550. The lowest BCUT2D eigenvalue weighted by Gasteiger charge is -2.35. The normalized spacial score (nSPS) is 24.5. The highest BCUT2D eigenvalue weighted by molar-refractivity contribution is 5.74. The van der Waals surface area contributed by atoms with Gasteiger partial charge >= 0.3 is 6.03 Å². The third-order valence-electron chi connectivity index (χ3n) is 5.29. The van der Waals surface area contributed by atoms with Crippen LogP contribution in [0.2, 0.25) is 0 Å². The molecule has 2 atom stereocenters. The molecule has 2 saturated heterocycles. The zero-order valence-corrected chi connectivity index (χ0v) is 16.1. The highest BCUT2D eigenvalue weighted by atomic mass is 16.2. The van der Waals surface area contributed by atoms with Gasteiger partial charge in [0.15, 0.2) is 0 Å². The van der Waals surface area contributed by atoms with Crippen LogP contribution in [-0.4, -0.2) is 78.2 Å². The van der Waals surface area contributed by atoms with Crippen LogP contribution in [0.25, 0.3) is 0 Å². The van der Waals surface area contributed by atoms with Gasteiger partial charge in [-0.2, -0.15) is 0 Å². The van der Waals surface area contributed by atoms with E-state index in [1.807, 2.05) is 11.0 Å². The van der Waals surface area contributed by atoms with E-state index in [9.17, 15) is 4.79 Å². The van der Waals surface area contributed by atoms with E-state index in [-0.39, 0.29) is 6.03 Å². The third-order valence-corrected chi connectivity index (χ3v) is 5.29. The van der Waals surface area contributed by atoms with E-state index in [0.29, 0.717) is 11.8 Å². The second-order valence-corrected chi connectivity index (χ2v) is 7.81. The van der Waals surface area contributed by atoms with Crippen molar-refractivity contribution in [1.29, 1.82) is 0 Å². The van der Waals surface area contributed by atoms with Gasteiger partial charge < -0.3 is 15.1 Å². The number of piperidine rings is 1. The molecule has 0 aliphatic carbocycles. The van der Waals surface area contributed by atoms with Gasteiger partial charge in [-0.25, -0.2) is 14.8 Å². The highest BCUT2D eigenvalue weighted by Crippen LogP contribution is 2.20. The first-order valence-corrected chi connectivity index (χ1v) is 9.89. The van der Waals surface area contributed by atoms with Gasteiger partial charge in [0.1, 0.15) is 0 Å². The summed E-state index contributed by atoms with van der Waals surface area (Å²) in [7, 11) is 0. The zero-order valence-electron chi connectivity index (χ0n) is 16.1. The number of nitrogens with one attached hydrogen (secondary N) is 1. The number of carbonyl (C=O) groups excluding carboxylic acids is 1. The van der Waals surface area contributed by atoms with E-state index in [4.69, 9.17) is 0 Å². The molecule has 7 heteroatoms. The number of amides is 2. The number of piperazine rings is 1. The number of rotatable bonds is 5. The Hall–Kier alpha value is -1.89. The average molecular weight is 361 g/mol. The molecule has 144 valence electrons. The minimum atomic E-state index is 0.106. The third kappa shape index (κ3) is 5.30. The molecule has 1 aromatic rings. The monoisotopic (exact) mass is 360 g/mol. The predicted octanol–water partition coefficient (Wildman–Crippen LogP) is 1.68. The Labute approximate surface area is 156 Å². The Kier molecular flexibility index (Phi) is 6.66. The van der Waals surface area contributed by atoms with Gasteiger partial charge in [-0.05, 0) is 37.3 Å². The maximum Gasteiger partial charge on any atom is 0.317 e. The van der Waals surface area contributed by atoms with Crippen molar-refractivity contribution in [1.82, 2.24) is 25.1 Å².